The lowest BCUT2D eigenvalue weighted by Gasteiger charge is -2.06. The minimum Gasteiger partial charge on any atom is -0.497 e. The Morgan fingerprint density at radius 2 is 2.00 bits per heavy atom. The van der Waals surface area contributed by atoms with Gasteiger partial charge < -0.3 is 10.1 Å². The third kappa shape index (κ3) is 2.97. The molecule has 1 aromatic rings. The van der Waals surface area contributed by atoms with Crippen molar-refractivity contribution in [2.45, 2.75) is 13.0 Å². The molecule has 0 bridgehead atoms. The molecule has 0 fully saturated rings. The molecule has 0 saturated heterocycles. The van der Waals surface area contributed by atoms with Gasteiger partial charge in [-0.2, -0.15) is 0 Å². The van der Waals surface area contributed by atoms with Crippen molar-refractivity contribution in [3.05, 3.63) is 53.6 Å². The topological polar surface area (TPSA) is 21.3 Å². The van der Waals surface area contributed by atoms with E-state index in [4.69, 9.17) is 4.74 Å². The van der Waals surface area contributed by atoms with Crippen LogP contribution in [0.15, 0.2) is 48.1 Å². The average Bonchev–Trinajstić information content (AvgIpc) is 2.83. The van der Waals surface area contributed by atoms with E-state index in [1.807, 2.05) is 12.1 Å². The molecule has 16 heavy (non-hydrogen) atoms. The molecule has 0 unspecified atom stereocenters. The Labute approximate surface area is 96.6 Å². The van der Waals surface area contributed by atoms with Crippen LogP contribution < -0.4 is 10.1 Å². The summed E-state index contributed by atoms with van der Waals surface area (Å²) in [5.41, 5.74) is 2.74. The smallest absolute Gasteiger partial charge is 0.118 e. The zero-order chi connectivity index (χ0) is 11.2. The Kier molecular flexibility index (Phi) is 3.78. The number of allylic oxidation sites excluding steroid dienone is 3. The minimum absolute atomic E-state index is 0.904. The summed E-state index contributed by atoms with van der Waals surface area (Å²) in [6.45, 7) is 1.88. The highest BCUT2D eigenvalue weighted by Gasteiger charge is 1.99. The highest BCUT2D eigenvalue weighted by Crippen LogP contribution is 2.12. The van der Waals surface area contributed by atoms with Gasteiger partial charge in [0.25, 0.3) is 0 Å². The fraction of sp³-hybridized carbons (Fsp3) is 0.286. The molecule has 2 rings (SSSR count). The van der Waals surface area contributed by atoms with E-state index in [2.05, 4.69) is 35.7 Å². The first-order valence-corrected chi connectivity index (χ1v) is 5.57. The molecule has 1 aliphatic rings. The summed E-state index contributed by atoms with van der Waals surface area (Å²) in [6, 6.07) is 8.17. The van der Waals surface area contributed by atoms with Gasteiger partial charge >= 0.3 is 0 Å². The van der Waals surface area contributed by atoms with Crippen molar-refractivity contribution in [1.29, 1.82) is 0 Å². The van der Waals surface area contributed by atoms with Gasteiger partial charge in [0.15, 0.2) is 0 Å². The van der Waals surface area contributed by atoms with Gasteiger partial charge in [-0.25, -0.2) is 0 Å². The minimum atomic E-state index is 0.904. The molecule has 0 saturated carbocycles. The third-order valence-corrected chi connectivity index (χ3v) is 2.69. The molecule has 0 aliphatic heterocycles. The lowest BCUT2D eigenvalue weighted by Crippen LogP contribution is -2.15. The van der Waals surface area contributed by atoms with Crippen molar-refractivity contribution in [2.75, 3.05) is 13.7 Å². The molecular formula is C14H17NO. The standard InChI is InChI=1S/C14H17NO/c1-16-14-8-6-13(7-9-14)11-15-10-12-4-2-3-5-12/h2-4,6-9,15H,5,10-11H2,1H3. The summed E-state index contributed by atoms with van der Waals surface area (Å²) in [4.78, 5) is 0. The summed E-state index contributed by atoms with van der Waals surface area (Å²) < 4.78 is 5.12. The van der Waals surface area contributed by atoms with Crippen molar-refractivity contribution in [1.82, 2.24) is 5.32 Å². The average molecular weight is 215 g/mol. The van der Waals surface area contributed by atoms with E-state index in [-0.39, 0.29) is 0 Å². The second kappa shape index (κ2) is 5.52. The zero-order valence-corrected chi connectivity index (χ0v) is 9.57. The van der Waals surface area contributed by atoms with Crippen molar-refractivity contribution in [2.24, 2.45) is 0 Å². The second-order valence-electron chi connectivity index (χ2n) is 3.91. The number of ether oxygens (including phenoxy) is 1. The van der Waals surface area contributed by atoms with Crippen LogP contribution >= 0.6 is 0 Å². The molecule has 0 heterocycles. The normalized spacial score (nSPS) is 13.9. The first-order chi connectivity index (χ1) is 7.88. The van der Waals surface area contributed by atoms with Crippen molar-refractivity contribution >= 4 is 0 Å². The van der Waals surface area contributed by atoms with E-state index in [1.54, 1.807) is 7.11 Å². The summed E-state index contributed by atoms with van der Waals surface area (Å²) in [5, 5.41) is 3.43. The number of nitrogens with one attached hydrogen (secondary N) is 1. The molecule has 0 aromatic heterocycles. The van der Waals surface area contributed by atoms with Crippen LogP contribution in [-0.4, -0.2) is 13.7 Å². The van der Waals surface area contributed by atoms with Crippen LogP contribution in [0, 0.1) is 0 Å². The van der Waals surface area contributed by atoms with Crippen LogP contribution in [0.4, 0.5) is 0 Å². The number of benzene rings is 1. The van der Waals surface area contributed by atoms with Crippen molar-refractivity contribution < 1.29 is 4.74 Å². The van der Waals surface area contributed by atoms with E-state index >= 15 is 0 Å². The van der Waals surface area contributed by atoms with Gasteiger partial charge in [0.05, 0.1) is 7.11 Å². The zero-order valence-electron chi connectivity index (χ0n) is 9.57. The Morgan fingerprint density at radius 1 is 1.19 bits per heavy atom. The maximum Gasteiger partial charge on any atom is 0.118 e. The van der Waals surface area contributed by atoms with Gasteiger partial charge in [-0.3, -0.25) is 0 Å². The van der Waals surface area contributed by atoms with Gasteiger partial charge in [-0.1, -0.05) is 35.9 Å². The van der Waals surface area contributed by atoms with E-state index in [1.165, 1.54) is 11.1 Å². The molecule has 0 radical (unpaired) electrons. The summed E-state index contributed by atoms with van der Waals surface area (Å²) in [7, 11) is 1.69. The largest absolute Gasteiger partial charge is 0.497 e. The fourth-order valence-corrected chi connectivity index (χ4v) is 1.73. The van der Waals surface area contributed by atoms with E-state index in [0.29, 0.717) is 0 Å². The molecule has 2 nitrogen and oxygen atoms in total. The van der Waals surface area contributed by atoms with Gasteiger partial charge in [-0.05, 0) is 24.1 Å². The van der Waals surface area contributed by atoms with Gasteiger partial charge in [0, 0.05) is 13.1 Å². The second-order valence-corrected chi connectivity index (χ2v) is 3.91. The first kappa shape index (κ1) is 11.0. The molecule has 0 spiro atoms. The fourth-order valence-electron chi connectivity index (χ4n) is 1.73. The highest BCUT2D eigenvalue weighted by atomic mass is 16.5. The molecule has 1 N–H and O–H groups in total. The lowest BCUT2D eigenvalue weighted by molar-refractivity contribution is 0.414. The molecule has 2 heteroatoms. The summed E-state index contributed by atoms with van der Waals surface area (Å²) in [6.07, 6.45) is 7.57. The third-order valence-electron chi connectivity index (χ3n) is 2.69. The predicted molar refractivity (Wildman–Crippen MR) is 66.5 cm³/mol. The maximum atomic E-state index is 5.12. The van der Waals surface area contributed by atoms with Crippen LogP contribution in [-0.2, 0) is 6.54 Å². The molecular weight excluding hydrogens is 198 g/mol. The van der Waals surface area contributed by atoms with Crippen LogP contribution in [0.3, 0.4) is 0 Å². The SMILES string of the molecule is COc1ccc(CNCC2=CC=CC2)cc1. The number of hydrogen-bond donors (Lipinski definition) is 1. The quantitative estimate of drug-likeness (QED) is 0.815. The monoisotopic (exact) mass is 215 g/mol. The Bertz CT molecular complexity index is 390. The number of hydrogen-bond acceptors (Lipinski definition) is 2. The van der Waals surface area contributed by atoms with E-state index in [0.717, 1.165) is 25.3 Å². The Morgan fingerprint density at radius 3 is 2.62 bits per heavy atom. The van der Waals surface area contributed by atoms with Gasteiger partial charge in [0.1, 0.15) is 5.75 Å². The van der Waals surface area contributed by atoms with Crippen molar-refractivity contribution in [3.8, 4) is 5.75 Å². The van der Waals surface area contributed by atoms with Crippen LogP contribution in [0.2, 0.25) is 0 Å². The molecule has 0 atom stereocenters. The summed E-state index contributed by atoms with van der Waals surface area (Å²) in [5.74, 6) is 0.909. The number of rotatable bonds is 5. The first-order valence-electron chi connectivity index (χ1n) is 5.57. The lowest BCUT2D eigenvalue weighted by atomic mass is 10.2. The number of methoxy groups -OCH3 is 1. The molecule has 0 amide bonds. The van der Waals surface area contributed by atoms with Crippen LogP contribution in [0.5, 0.6) is 5.75 Å². The molecule has 1 aliphatic carbocycles. The van der Waals surface area contributed by atoms with Crippen LogP contribution in [0.1, 0.15) is 12.0 Å². The van der Waals surface area contributed by atoms with E-state index in [9.17, 15) is 0 Å². The maximum absolute atomic E-state index is 5.12. The molecule has 1 aromatic carbocycles. The molecule has 84 valence electrons. The summed E-state index contributed by atoms with van der Waals surface area (Å²) >= 11 is 0. The van der Waals surface area contributed by atoms with Gasteiger partial charge in [0.2, 0.25) is 0 Å². The van der Waals surface area contributed by atoms with Crippen molar-refractivity contribution in [3.63, 3.8) is 0 Å². The Hall–Kier alpha value is -1.54. The van der Waals surface area contributed by atoms with Gasteiger partial charge in [-0.15, -0.1) is 0 Å². The highest BCUT2D eigenvalue weighted by molar-refractivity contribution is 5.27. The van der Waals surface area contributed by atoms with Crippen LogP contribution in [0.25, 0.3) is 0 Å². The van der Waals surface area contributed by atoms with E-state index < -0.39 is 0 Å². The predicted octanol–water partition coefficient (Wildman–Crippen LogP) is 2.67. The Balaban J connectivity index is 1.76.